The van der Waals surface area contributed by atoms with Gasteiger partial charge in [-0.15, -0.1) is 0 Å². The summed E-state index contributed by atoms with van der Waals surface area (Å²) in [5.74, 6) is -3.99. The molecule has 0 aliphatic rings. The van der Waals surface area contributed by atoms with E-state index in [-0.39, 0.29) is 50.4 Å². The Labute approximate surface area is 208 Å². The van der Waals surface area contributed by atoms with Crippen LogP contribution in [0, 0.1) is 5.41 Å². The highest BCUT2D eigenvalue weighted by molar-refractivity contribution is 5.93. The molecule has 1 aromatic rings. The van der Waals surface area contributed by atoms with Crippen LogP contribution in [0.25, 0.3) is 0 Å². The summed E-state index contributed by atoms with van der Waals surface area (Å²) in [6, 6.07) is 5.20. The summed E-state index contributed by atoms with van der Waals surface area (Å²) in [5.41, 5.74) is -0.704. The number of hydrogen-bond acceptors (Lipinski definition) is 9. The van der Waals surface area contributed by atoms with Crippen molar-refractivity contribution in [1.82, 2.24) is 0 Å². The Balaban J connectivity index is -0.000000420. The molecular formula is C23H38O13. The van der Waals surface area contributed by atoms with Crippen LogP contribution < -0.4 is 0 Å². The molecule has 0 bridgehead atoms. The maximum Gasteiger partial charge on any atom is 0.335 e. The Kier molecular flexibility index (Phi) is 23.3. The highest BCUT2D eigenvalue weighted by atomic mass is 16.4. The fraction of sp³-hybridized carbons (Fsp3) is 0.565. The van der Waals surface area contributed by atoms with Crippen LogP contribution in [0.5, 0.6) is 0 Å². The van der Waals surface area contributed by atoms with Crippen molar-refractivity contribution >= 4 is 23.9 Å². The van der Waals surface area contributed by atoms with Crippen LogP contribution in [-0.2, 0) is 9.59 Å². The number of hydrogen-bond donors (Lipinski definition) is 9. The largest absolute Gasteiger partial charge is 0.481 e. The molecule has 208 valence electrons. The average molecular weight is 523 g/mol. The number of carboxylic acid groups (broad SMARTS) is 4. The first-order valence-corrected chi connectivity index (χ1v) is 10.9. The number of aromatic carboxylic acids is 2. The molecule has 0 amide bonds. The third-order valence-electron chi connectivity index (χ3n) is 4.41. The highest BCUT2D eigenvalue weighted by Crippen LogP contribution is 2.18. The summed E-state index contributed by atoms with van der Waals surface area (Å²) in [6.07, 6.45) is 1.05. The zero-order chi connectivity index (χ0) is 28.7. The van der Waals surface area contributed by atoms with Gasteiger partial charge in [-0.3, -0.25) is 9.59 Å². The molecular weight excluding hydrogens is 484 g/mol. The number of aliphatic hydroxyl groups is 5. The number of carboxylic acids is 4. The molecule has 1 atom stereocenters. The summed E-state index contributed by atoms with van der Waals surface area (Å²) in [7, 11) is 0. The molecule has 1 unspecified atom stereocenters. The maximum absolute atomic E-state index is 10.4. The molecule has 13 heteroatoms. The average Bonchev–Trinajstić information content (AvgIpc) is 2.84. The molecule has 0 aliphatic carbocycles. The van der Waals surface area contributed by atoms with Gasteiger partial charge in [-0.1, -0.05) is 13.0 Å². The molecule has 1 aromatic carbocycles. The van der Waals surface area contributed by atoms with E-state index in [1.165, 1.54) is 25.1 Å². The predicted octanol–water partition coefficient (Wildman–Crippen LogP) is 0.518. The van der Waals surface area contributed by atoms with Gasteiger partial charge in [0.2, 0.25) is 0 Å². The summed E-state index contributed by atoms with van der Waals surface area (Å²) >= 11 is 0. The van der Waals surface area contributed by atoms with E-state index in [0.29, 0.717) is 19.3 Å². The molecule has 0 radical (unpaired) electrons. The van der Waals surface area contributed by atoms with Crippen LogP contribution in [0.15, 0.2) is 24.3 Å². The van der Waals surface area contributed by atoms with E-state index in [9.17, 15) is 19.2 Å². The van der Waals surface area contributed by atoms with Gasteiger partial charge in [0.1, 0.15) is 0 Å². The van der Waals surface area contributed by atoms with Crippen molar-refractivity contribution in [1.29, 1.82) is 0 Å². The van der Waals surface area contributed by atoms with E-state index in [2.05, 4.69) is 0 Å². The first-order valence-electron chi connectivity index (χ1n) is 10.9. The normalized spacial score (nSPS) is 10.8. The second-order valence-electron chi connectivity index (χ2n) is 7.55. The van der Waals surface area contributed by atoms with E-state index in [0.717, 1.165) is 6.07 Å². The lowest BCUT2D eigenvalue weighted by Crippen LogP contribution is -2.32. The van der Waals surface area contributed by atoms with Gasteiger partial charge in [-0.05, 0) is 44.4 Å². The summed E-state index contributed by atoms with van der Waals surface area (Å²) in [6.45, 7) is 2.74. The lowest BCUT2D eigenvalue weighted by Gasteiger charge is -2.24. The molecule has 0 heterocycles. The van der Waals surface area contributed by atoms with E-state index >= 15 is 0 Å². The van der Waals surface area contributed by atoms with Crippen molar-refractivity contribution in [2.45, 2.75) is 52.1 Å². The molecule has 0 spiro atoms. The van der Waals surface area contributed by atoms with Crippen LogP contribution >= 0.6 is 0 Å². The third-order valence-corrected chi connectivity index (χ3v) is 4.41. The Bertz CT molecular complexity index is 695. The summed E-state index contributed by atoms with van der Waals surface area (Å²) in [4.78, 5) is 40.6. The van der Waals surface area contributed by atoms with Gasteiger partial charge in [-0.2, -0.15) is 0 Å². The zero-order valence-electron chi connectivity index (χ0n) is 20.4. The molecule has 0 saturated carbocycles. The highest BCUT2D eigenvalue weighted by Gasteiger charge is 2.24. The standard InChI is InChI=1S/C8H6O4.C6H10O4.C6H14O3.C3H8O2/c9-7(10)5-2-1-3-6(4-5)8(11)12;7-5(8)3-1-2-4-6(9)10;1-2-6(3-7,4-8)5-9;1-3(5)2-4/h1-4H,(H,9,10)(H,11,12);1-4H2,(H,7,8)(H,9,10);7-9H,2-5H2,1H3;3-5H,2H2,1H3. The van der Waals surface area contributed by atoms with Crippen LogP contribution in [0.2, 0.25) is 0 Å². The van der Waals surface area contributed by atoms with Gasteiger partial charge in [0.25, 0.3) is 0 Å². The molecule has 0 aliphatic heterocycles. The maximum atomic E-state index is 10.4. The van der Waals surface area contributed by atoms with Crippen LogP contribution in [0.1, 0.15) is 66.7 Å². The molecule has 0 fully saturated rings. The van der Waals surface area contributed by atoms with Crippen molar-refractivity contribution < 1.29 is 65.1 Å². The van der Waals surface area contributed by atoms with Crippen molar-refractivity contribution in [3.05, 3.63) is 35.4 Å². The molecule has 13 nitrogen and oxygen atoms in total. The number of benzene rings is 1. The fourth-order valence-corrected chi connectivity index (χ4v) is 1.82. The van der Waals surface area contributed by atoms with Gasteiger partial charge < -0.3 is 46.0 Å². The van der Waals surface area contributed by atoms with Crippen molar-refractivity contribution in [3.8, 4) is 0 Å². The number of aliphatic hydroxyl groups excluding tert-OH is 5. The number of aliphatic carboxylic acids is 2. The topological polar surface area (TPSA) is 250 Å². The first-order chi connectivity index (χ1) is 16.7. The minimum Gasteiger partial charge on any atom is -0.481 e. The van der Waals surface area contributed by atoms with Gasteiger partial charge in [-0.25, -0.2) is 9.59 Å². The van der Waals surface area contributed by atoms with Crippen LogP contribution in [-0.4, -0.2) is 102 Å². The van der Waals surface area contributed by atoms with Gasteiger partial charge in [0, 0.05) is 18.3 Å². The molecule has 36 heavy (non-hydrogen) atoms. The first kappa shape index (κ1) is 37.4. The van der Waals surface area contributed by atoms with Gasteiger partial charge >= 0.3 is 23.9 Å². The fourth-order valence-electron chi connectivity index (χ4n) is 1.82. The number of rotatable bonds is 12. The minimum atomic E-state index is -1.13. The molecule has 0 saturated heterocycles. The Morgan fingerprint density at radius 3 is 1.28 bits per heavy atom. The smallest absolute Gasteiger partial charge is 0.335 e. The van der Waals surface area contributed by atoms with Gasteiger partial charge in [0.15, 0.2) is 0 Å². The second-order valence-corrected chi connectivity index (χ2v) is 7.55. The lowest BCUT2D eigenvalue weighted by atomic mass is 9.88. The molecule has 1 rings (SSSR count). The second kappa shape index (κ2) is 22.4. The van der Waals surface area contributed by atoms with Crippen LogP contribution in [0.3, 0.4) is 0 Å². The minimum absolute atomic E-state index is 0.0186. The number of carbonyl (C=O) groups is 4. The van der Waals surface area contributed by atoms with Crippen molar-refractivity contribution in [2.24, 2.45) is 5.41 Å². The van der Waals surface area contributed by atoms with Crippen LogP contribution in [0.4, 0.5) is 0 Å². The monoisotopic (exact) mass is 522 g/mol. The third kappa shape index (κ3) is 21.4. The van der Waals surface area contributed by atoms with E-state index in [1.807, 2.05) is 6.92 Å². The zero-order valence-corrected chi connectivity index (χ0v) is 20.4. The predicted molar refractivity (Wildman–Crippen MR) is 127 cm³/mol. The van der Waals surface area contributed by atoms with E-state index < -0.39 is 35.4 Å². The summed E-state index contributed by atoms with van der Waals surface area (Å²) < 4.78 is 0. The Morgan fingerprint density at radius 2 is 1.11 bits per heavy atom. The SMILES string of the molecule is CC(O)CO.CCC(CO)(CO)CO.O=C(O)CCCCC(=O)O.O=C(O)c1cccc(C(=O)O)c1. The molecule has 0 aromatic heterocycles. The van der Waals surface area contributed by atoms with Crippen molar-refractivity contribution in [3.63, 3.8) is 0 Å². The van der Waals surface area contributed by atoms with Crippen molar-refractivity contribution in [2.75, 3.05) is 26.4 Å². The quantitative estimate of drug-likeness (QED) is 0.170. The van der Waals surface area contributed by atoms with E-state index in [1.54, 1.807) is 0 Å². The lowest BCUT2D eigenvalue weighted by molar-refractivity contribution is -0.139. The van der Waals surface area contributed by atoms with Gasteiger partial charge in [0.05, 0.1) is 43.7 Å². The Morgan fingerprint density at radius 1 is 0.778 bits per heavy atom. The number of unbranched alkanes of at least 4 members (excludes halogenated alkanes) is 1. The molecule has 9 N–H and O–H groups in total. The van der Waals surface area contributed by atoms with E-state index in [4.69, 9.17) is 46.0 Å². The Hall–Kier alpha value is -3.10. The summed E-state index contributed by atoms with van der Waals surface area (Å²) in [5, 5.41) is 75.2.